The summed E-state index contributed by atoms with van der Waals surface area (Å²) in [6.07, 6.45) is 0. The van der Waals surface area contributed by atoms with Gasteiger partial charge in [-0.05, 0) is 39.7 Å². The molecule has 5 heteroatoms. The Balaban J connectivity index is 1.62. The van der Waals surface area contributed by atoms with Crippen molar-refractivity contribution in [2.75, 3.05) is 13.9 Å². The first-order chi connectivity index (χ1) is 10.3. The highest BCUT2D eigenvalue weighted by Gasteiger charge is 2.16. The highest BCUT2D eigenvalue weighted by atomic mass is 79.9. The Morgan fingerprint density at radius 1 is 1.19 bits per heavy atom. The van der Waals surface area contributed by atoms with E-state index in [9.17, 15) is 0 Å². The predicted molar refractivity (Wildman–Crippen MR) is 83.8 cm³/mol. The first-order valence-corrected chi connectivity index (χ1v) is 7.48. The van der Waals surface area contributed by atoms with Gasteiger partial charge in [-0.15, -0.1) is 0 Å². The predicted octanol–water partition coefficient (Wildman–Crippen LogP) is 3.48. The number of hydrogen-bond donors (Lipinski definition) is 1. The number of methoxy groups -OCH3 is 1. The van der Waals surface area contributed by atoms with Crippen molar-refractivity contribution in [3.63, 3.8) is 0 Å². The number of ether oxygens (including phenoxy) is 3. The summed E-state index contributed by atoms with van der Waals surface area (Å²) >= 11 is 3.50. The fourth-order valence-electron chi connectivity index (χ4n) is 2.29. The maximum atomic E-state index is 5.50. The number of hydrogen-bond acceptors (Lipinski definition) is 4. The van der Waals surface area contributed by atoms with Crippen LogP contribution in [0.15, 0.2) is 40.9 Å². The van der Waals surface area contributed by atoms with E-state index in [1.165, 1.54) is 5.56 Å². The topological polar surface area (TPSA) is 39.7 Å². The molecule has 0 bridgehead atoms. The summed E-state index contributed by atoms with van der Waals surface area (Å²) in [4.78, 5) is 0. The minimum absolute atomic E-state index is 0.303. The fourth-order valence-corrected chi connectivity index (χ4v) is 2.88. The number of rotatable bonds is 5. The normalized spacial score (nSPS) is 12.5. The van der Waals surface area contributed by atoms with Crippen LogP contribution in [0.5, 0.6) is 17.2 Å². The minimum atomic E-state index is 0.303. The summed E-state index contributed by atoms with van der Waals surface area (Å²) in [5.41, 5.74) is 2.30. The second kappa shape index (κ2) is 6.37. The lowest BCUT2D eigenvalue weighted by molar-refractivity contribution is 0.173. The zero-order valence-corrected chi connectivity index (χ0v) is 13.3. The van der Waals surface area contributed by atoms with Crippen LogP contribution < -0.4 is 19.5 Å². The molecule has 0 saturated heterocycles. The summed E-state index contributed by atoms with van der Waals surface area (Å²) in [5.74, 6) is 2.51. The van der Waals surface area contributed by atoms with E-state index < -0.39 is 0 Å². The van der Waals surface area contributed by atoms with E-state index in [0.717, 1.165) is 40.4 Å². The smallest absolute Gasteiger partial charge is 0.231 e. The average Bonchev–Trinajstić information content (AvgIpc) is 2.97. The molecule has 1 heterocycles. The first kappa shape index (κ1) is 14.2. The SMILES string of the molecule is COc1ccc(CNCc2cccc3c2OCO3)cc1Br. The molecule has 1 aliphatic heterocycles. The van der Waals surface area contributed by atoms with Gasteiger partial charge in [-0.3, -0.25) is 0 Å². The highest BCUT2D eigenvalue weighted by Crippen LogP contribution is 2.35. The average molecular weight is 350 g/mol. The Kier molecular flexibility index (Phi) is 4.31. The van der Waals surface area contributed by atoms with Gasteiger partial charge in [0.25, 0.3) is 0 Å². The van der Waals surface area contributed by atoms with Crippen LogP contribution in [-0.4, -0.2) is 13.9 Å². The number of para-hydroxylation sites is 1. The van der Waals surface area contributed by atoms with Gasteiger partial charge in [0.05, 0.1) is 11.6 Å². The molecule has 2 aromatic rings. The molecule has 3 rings (SSSR count). The van der Waals surface area contributed by atoms with Gasteiger partial charge in [-0.2, -0.15) is 0 Å². The van der Waals surface area contributed by atoms with Crippen LogP contribution in [0.4, 0.5) is 0 Å². The Labute approximate surface area is 132 Å². The largest absolute Gasteiger partial charge is 0.496 e. The maximum absolute atomic E-state index is 5.50. The van der Waals surface area contributed by atoms with Gasteiger partial charge < -0.3 is 19.5 Å². The summed E-state index contributed by atoms with van der Waals surface area (Å²) in [5, 5.41) is 3.42. The lowest BCUT2D eigenvalue weighted by Gasteiger charge is -2.09. The number of halogens is 1. The van der Waals surface area contributed by atoms with Crippen LogP contribution in [-0.2, 0) is 13.1 Å². The molecule has 4 nitrogen and oxygen atoms in total. The van der Waals surface area contributed by atoms with Gasteiger partial charge in [0.2, 0.25) is 6.79 Å². The Bertz CT molecular complexity index is 645. The molecule has 0 atom stereocenters. The summed E-state index contributed by atoms with van der Waals surface area (Å²) < 4.78 is 17.1. The Morgan fingerprint density at radius 3 is 2.90 bits per heavy atom. The molecule has 21 heavy (non-hydrogen) atoms. The second-order valence-electron chi connectivity index (χ2n) is 4.72. The van der Waals surface area contributed by atoms with Crippen molar-refractivity contribution < 1.29 is 14.2 Å². The molecule has 1 aliphatic rings. The van der Waals surface area contributed by atoms with Gasteiger partial charge in [-0.25, -0.2) is 0 Å². The highest BCUT2D eigenvalue weighted by molar-refractivity contribution is 9.10. The van der Waals surface area contributed by atoms with Gasteiger partial charge >= 0.3 is 0 Å². The molecule has 0 unspecified atom stereocenters. The molecule has 0 fully saturated rings. The monoisotopic (exact) mass is 349 g/mol. The van der Waals surface area contributed by atoms with Gasteiger partial charge in [0, 0.05) is 18.7 Å². The molecule has 1 N–H and O–H groups in total. The standard InChI is InChI=1S/C16H16BrNO3/c1-19-14-6-5-11(7-13(14)17)8-18-9-12-3-2-4-15-16(12)21-10-20-15/h2-7,18H,8-10H2,1H3. The number of benzene rings is 2. The Morgan fingerprint density at radius 2 is 2.10 bits per heavy atom. The molecule has 0 aromatic heterocycles. The van der Waals surface area contributed by atoms with Crippen molar-refractivity contribution in [2.45, 2.75) is 13.1 Å². The zero-order valence-electron chi connectivity index (χ0n) is 11.7. The third-order valence-electron chi connectivity index (χ3n) is 3.34. The van der Waals surface area contributed by atoms with E-state index in [-0.39, 0.29) is 0 Å². The number of fused-ring (bicyclic) bond motifs is 1. The second-order valence-corrected chi connectivity index (χ2v) is 5.58. The summed E-state index contributed by atoms with van der Waals surface area (Å²) in [6, 6.07) is 12.0. The van der Waals surface area contributed by atoms with E-state index in [0.29, 0.717) is 6.79 Å². The third kappa shape index (κ3) is 3.14. The quantitative estimate of drug-likeness (QED) is 0.896. The first-order valence-electron chi connectivity index (χ1n) is 6.68. The van der Waals surface area contributed by atoms with Crippen LogP contribution in [0, 0.1) is 0 Å². The van der Waals surface area contributed by atoms with E-state index in [2.05, 4.69) is 27.3 Å². The lowest BCUT2D eigenvalue weighted by Crippen LogP contribution is -2.13. The molecular formula is C16H16BrNO3. The number of nitrogens with one attached hydrogen (secondary N) is 1. The van der Waals surface area contributed by atoms with Gasteiger partial charge in [0.1, 0.15) is 5.75 Å². The van der Waals surface area contributed by atoms with Crippen molar-refractivity contribution in [3.8, 4) is 17.2 Å². The maximum Gasteiger partial charge on any atom is 0.231 e. The van der Waals surface area contributed by atoms with Crippen LogP contribution in [0.1, 0.15) is 11.1 Å². The molecule has 110 valence electrons. The minimum Gasteiger partial charge on any atom is -0.496 e. The molecule has 0 amide bonds. The van der Waals surface area contributed by atoms with Crippen molar-refractivity contribution in [1.29, 1.82) is 0 Å². The van der Waals surface area contributed by atoms with E-state index >= 15 is 0 Å². The lowest BCUT2D eigenvalue weighted by atomic mass is 10.1. The van der Waals surface area contributed by atoms with Crippen LogP contribution in [0.2, 0.25) is 0 Å². The van der Waals surface area contributed by atoms with Gasteiger partial charge in [-0.1, -0.05) is 18.2 Å². The van der Waals surface area contributed by atoms with Gasteiger partial charge in [0.15, 0.2) is 11.5 Å². The van der Waals surface area contributed by atoms with Crippen molar-refractivity contribution in [1.82, 2.24) is 5.32 Å². The van der Waals surface area contributed by atoms with Crippen LogP contribution >= 0.6 is 15.9 Å². The molecule has 0 spiro atoms. The Hall–Kier alpha value is -1.72. The third-order valence-corrected chi connectivity index (χ3v) is 3.96. The van der Waals surface area contributed by atoms with Crippen molar-refractivity contribution in [3.05, 3.63) is 52.0 Å². The zero-order chi connectivity index (χ0) is 14.7. The van der Waals surface area contributed by atoms with Crippen LogP contribution in [0.3, 0.4) is 0 Å². The molecule has 2 aromatic carbocycles. The van der Waals surface area contributed by atoms with E-state index in [1.807, 2.05) is 30.3 Å². The molecular weight excluding hydrogens is 334 g/mol. The molecule has 0 aliphatic carbocycles. The van der Waals surface area contributed by atoms with E-state index in [1.54, 1.807) is 7.11 Å². The summed E-state index contributed by atoms with van der Waals surface area (Å²) in [6.45, 7) is 1.81. The fraction of sp³-hybridized carbons (Fsp3) is 0.250. The van der Waals surface area contributed by atoms with Crippen LogP contribution in [0.25, 0.3) is 0 Å². The molecule has 0 radical (unpaired) electrons. The van der Waals surface area contributed by atoms with Crippen molar-refractivity contribution >= 4 is 15.9 Å². The summed E-state index contributed by atoms with van der Waals surface area (Å²) in [7, 11) is 1.66. The van der Waals surface area contributed by atoms with Crippen molar-refractivity contribution in [2.24, 2.45) is 0 Å². The molecule has 0 saturated carbocycles. The van der Waals surface area contributed by atoms with E-state index in [4.69, 9.17) is 14.2 Å².